The summed E-state index contributed by atoms with van der Waals surface area (Å²) in [5.74, 6) is -0.0142. The van der Waals surface area contributed by atoms with E-state index in [0.717, 1.165) is 22.3 Å². The van der Waals surface area contributed by atoms with Gasteiger partial charge >= 0.3 is 5.97 Å². The quantitative estimate of drug-likeness (QED) is 0.815. The summed E-state index contributed by atoms with van der Waals surface area (Å²) < 4.78 is 10.6. The van der Waals surface area contributed by atoms with Crippen LogP contribution in [0, 0.1) is 18.3 Å². The molecule has 1 aromatic carbocycles. The van der Waals surface area contributed by atoms with Crippen LogP contribution in [0.1, 0.15) is 34.7 Å². The number of ether oxygens (including phenoxy) is 2. The molecule has 2 aromatic rings. The van der Waals surface area contributed by atoms with Gasteiger partial charge in [-0.3, -0.25) is 4.79 Å². The van der Waals surface area contributed by atoms with Crippen molar-refractivity contribution in [3.8, 4) is 17.8 Å². The molecule has 5 heteroatoms. The van der Waals surface area contributed by atoms with Crippen molar-refractivity contribution in [2.24, 2.45) is 0 Å². The van der Waals surface area contributed by atoms with E-state index >= 15 is 0 Å². The molecule has 2 heterocycles. The van der Waals surface area contributed by atoms with Crippen LogP contribution in [0.25, 0.3) is 0 Å². The molecule has 0 spiro atoms. The van der Waals surface area contributed by atoms with Crippen molar-refractivity contribution in [1.82, 2.24) is 4.98 Å². The molecule has 0 atom stereocenters. The molecule has 1 aromatic heterocycles. The van der Waals surface area contributed by atoms with Crippen molar-refractivity contribution >= 4 is 5.97 Å². The minimum absolute atomic E-state index is 0.0308. The Morgan fingerprint density at radius 3 is 3.00 bits per heavy atom. The lowest BCUT2D eigenvalue weighted by atomic mass is 9.95. The first kappa shape index (κ1) is 15.0. The molecule has 1 aliphatic heterocycles. The van der Waals surface area contributed by atoms with Crippen molar-refractivity contribution in [3.05, 3.63) is 52.1 Å². The summed E-state index contributed by atoms with van der Waals surface area (Å²) in [6, 6.07) is 10.2. The number of benzene rings is 1. The molecule has 0 radical (unpaired) electrons. The predicted octanol–water partition coefficient (Wildman–Crippen LogP) is 2.71. The largest absolute Gasteiger partial charge is 0.477 e. The summed E-state index contributed by atoms with van der Waals surface area (Å²) in [4.78, 5) is 15.5. The lowest BCUT2D eigenvalue weighted by molar-refractivity contribution is -0.132. The molecule has 23 heavy (non-hydrogen) atoms. The lowest BCUT2D eigenvalue weighted by Gasteiger charge is -2.13. The van der Waals surface area contributed by atoms with Gasteiger partial charge in [0.1, 0.15) is 11.6 Å². The van der Waals surface area contributed by atoms with Gasteiger partial charge in [-0.25, -0.2) is 0 Å². The summed E-state index contributed by atoms with van der Waals surface area (Å²) in [7, 11) is 0. The molecular weight excluding hydrogens is 292 g/mol. The Labute approximate surface area is 134 Å². The molecule has 0 saturated carbocycles. The Morgan fingerprint density at radius 2 is 2.30 bits per heavy atom. The predicted molar refractivity (Wildman–Crippen MR) is 83.4 cm³/mol. The number of pyridine rings is 1. The van der Waals surface area contributed by atoms with Crippen LogP contribution in [0.3, 0.4) is 0 Å². The summed E-state index contributed by atoms with van der Waals surface area (Å²) in [5, 5.41) is 9.55. The van der Waals surface area contributed by atoms with Gasteiger partial charge in [0, 0.05) is 18.9 Å². The molecule has 0 unspecified atom stereocenters. The third-order valence-electron chi connectivity index (χ3n) is 3.75. The second kappa shape index (κ2) is 6.09. The third-order valence-corrected chi connectivity index (χ3v) is 3.75. The fourth-order valence-electron chi connectivity index (χ4n) is 2.80. The van der Waals surface area contributed by atoms with Gasteiger partial charge in [0.15, 0.2) is 0 Å². The van der Waals surface area contributed by atoms with Gasteiger partial charge in [0.05, 0.1) is 6.61 Å². The Morgan fingerprint density at radius 1 is 1.48 bits per heavy atom. The van der Waals surface area contributed by atoms with E-state index in [1.807, 2.05) is 25.1 Å². The number of rotatable bonds is 3. The SMILES string of the molecule is CC(=O)Oc1nc2c(c(Cc3cccc(C)c3)c1C#N)CCO2. The number of hydrogen-bond acceptors (Lipinski definition) is 5. The zero-order valence-corrected chi connectivity index (χ0v) is 13.0. The second-order valence-corrected chi connectivity index (χ2v) is 5.52. The number of carbonyl (C=O) groups excluding carboxylic acids is 1. The van der Waals surface area contributed by atoms with Crippen molar-refractivity contribution < 1.29 is 14.3 Å². The highest BCUT2D eigenvalue weighted by atomic mass is 16.5. The van der Waals surface area contributed by atoms with Crippen LogP contribution in [0.5, 0.6) is 11.8 Å². The van der Waals surface area contributed by atoms with E-state index in [4.69, 9.17) is 9.47 Å². The first-order chi connectivity index (χ1) is 11.1. The van der Waals surface area contributed by atoms with Crippen LogP contribution >= 0.6 is 0 Å². The highest BCUT2D eigenvalue weighted by Crippen LogP contribution is 2.35. The normalized spacial score (nSPS) is 12.2. The molecule has 0 fully saturated rings. The highest BCUT2D eigenvalue weighted by Gasteiger charge is 2.26. The number of aromatic nitrogens is 1. The summed E-state index contributed by atoms with van der Waals surface area (Å²) in [5.41, 5.74) is 4.32. The van der Waals surface area contributed by atoms with Crippen LogP contribution in [-0.4, -0.2) is 17.6 Å². The zero-order chi connectivity index (χ0) is 16.4. The Bertz CT molecular complexity index is 822. The number of esters is 1. The Hall–Kier alpha value is -2.87. The van der Waals surface area contributed by atoms with Gasteiger partial charge in [-0.05, 0) is 24.5 Å². The monoisotopic (exact) mass is 308 g/mol. The van der Waals surface area contributed by atoms with Crippen molar-refractivity contribution in [2.45, 2.75) is 26.7 Å². The van der Waals surface area contributed by atoms with Crippen molar-refractivity contribution in [1.29, 1.82) is 5.26 Å². The Balaban J connectivity index is 2.12. The number of hydrogen-bond donors (Lipinski definition) is 0. The van der Waals surface area contributed by atoms with E-state index in [-0.39, 0.29) is 5.88 Å². The van der Waals surface area contributed by atoms with Gasteiger partial charge in [-0.2, -0.15) is 10.2 Å². The van der Waals surface area contributed by atoms with Crippen molar-refractivity contribution in [2.75, 3.05) is 6.61 Å². The maximum absolute atomic E-state index is 11.3. The van der Waals surface area contributed by atoms with Crippen LogP contribution in [0.2, 0.25) is 0 Å². The molecule has 0 aliphatic carbocycles. The molecular formula is C18H16N2O3. The van der Waals surface area contributed by atoms with Crippen molar-refractivity contribution in [3.63, 3.8) is 0 Å². The lowest BCUT2D eigenvalue weighted by Crippen LogP contribution is -2.09. The summed E-state index contributed by atoms with van der Waals surface area (Å²) in [6.07, 6.45) is 1.28. The maximum atomic E-state index is 11.3. The number of aryl methyl sites for hydroxylation is 1. The topological polar surface area (TPSA) is 72.2 Å². The van der Waals surface area contributed by atoms with Gasteiger partial charge in [0.2, 0.25) is 11.8 Å². The van der Waals surface area contributed by atoms with E-state index in [2.05, 4.69) is 17.1 Å². The van der Waals surface area contributed by atoms with Gasteiger partial charge in [-0.1, -0.05) is 29.8 Å². The molecule has 0 bridgehead atoms. The number of nitriles is 1. The minimum atomic E-state index is -0.506. The third kappa shape index (κ3) is 3.02. The first-order valence-corrected chi connectivity index (χ1v) is 7.41. The van der Waals surface area contributed by atoms with E-state index in [0.29, 0.717) is 30.9 Å². The second-order valence-electron chi connectivity index (χ2n) is 5.52. The fraction of sp³-hybridized carbons (Fsp3) is 0.278. The molecule has 116 valence electrons. The average Bonchev–Trinajstić information content (AvgIpc) is 2.95. The highest BCUT2D eigenvalue weighted by molar-refractivity contribution is 5.70. The minimum Gasteiger partial charge on any atom is -0.477 e. The van der Waals surface area contributed by atoms with E-state index in [9.17, 15) is 10.1 Å². The summed E-state index contributed by atoms with van der Waals surface area (Å²) >= 11 is 0. The number of fused-ring (bicyclic) bond motifs is 1. The Kier molecular flexibility index (Phi) is 3.98. The fourth-order valence-corrected chi connectivity index (χ4v) is 2.80. The molecule has 5 nitrogen and oxygen atoms in total. The van der Waals surface area contributed by atoms with Crippen LogP contribution in [0.15, 0.2) is 24.3 Å². The summed E-state index contributed by atoms with van der Waals surface area (Å²) in [6.45, 7) is 3.84. The number of nitrogens with zero attached hydrogens (tertiary/aromatic N) is 2. The van der Waals surface area contributed by atoms with E-state index in [1.165, 1.54) is 6.92 Å². The average molecular weight is 308 g/mol. The van der Waals surface area contributed by atoms with Crippen LogP contribution in [-0.2, 0) is 17.6 Å². The van der Waals surface area contributed by atoms with E-state index < -0.39 is 5.97 Å². The van der Waals surface area contributed by atoms with Gasteiger partial charge < -0.3 is 9.47 Å². The molecule has 0 amide bonds. The van der Waals surface area contributed by atoms with Gasteiger partial charge in [-0.15, -0.1) is 0 Å². The van der Waals surface area contributed by atoms with Crippen LogP contribution < -0.4 is 9.47 Å². The van der Waals surface area contributed by atoms with Crippen LogP contribution in [0.4, 0.5) is 0 Å². The van der Waals surface area contributed by atoms with Gasteiger partial charge in [0.25, 0.3) is 0 Å². The zero-order valence-electron chi connectivity index (χ0n) is 13.0. The number of carbonyl (C=O) groups is 1. The molecule has 1 aliphatic rings. The molecule has 3 rings (SSSR count). The van der Waals surface area contributed by atoms with E-state index in [1.54, 1.807) is 0 Å². The smallest absolute Gasteiger partial charge is 0.309 e. The first-order valence-electron chi connectivity index (χ1n) is 7.41. The molecule has 0 N–H and O–H groups in total. The standard InChI is InChI=1S/C18H16N2O3/c1-11-4-3-5-13(8-11)9-15-14-6-7-22-17(14)20-18(16(15)10-19)23-12(2)21/h3-5,8H,6-7,9H2,1-2H3. The maximum Gasteiger partial charge on any atom is 0.309 e. The molecule has 0 saturated heterocycles.